The first-order chi connectivity index (χ1) is 17.2. The number of carbonyl (C=O) groups excluding carboxylic acids is 1. The average molecular weight is 499 g/mol. The van der Waals surface area contributed by atoms with E-state index in [4.69, 9.17) is 4.74 Å². The molecule has 2 saturated heterocycles. The molecule has 1 N–H and O–H groups in total. The summed E-state index contributed by atoms with van der Waals surface area (Å²) in [6, 6.07) is 11.1. The van der Waals surface area contributed by atoms with Crippen molar-refractivity contribution in [3.63, 3.8) is 0 Å². The van der Waals surface area contributed by atoms with Crippen molar-refractivity contribution in [3.8, 4) is 5.75 Å². The van der Waals surface area contributed by atoms with Gasteiger partial charge >= 0.3 is 0 Å². The molecular weight excluding hydrogens is 456 g/mol. The number of thiophene rings is 1. The summed E-state index contributed by atoms with van der Waals surface area (Å²) in [5.41, 5.74) is 5.01. The van der Waals surface area contributed by atoms with Crippen molar-refractivity contribution in [2.45, 2.75) is 57.9 Å². The highest BCUT2D eigenvalue weighted by atomic mass is 32.1. The van der Waals surface area contributed by atoms with E-state index >= 15 is 0 Å². The number of hydrazine groups is 1. The predicted octanol–water partition coefficient (Wildman–Crippen LogP) is 4.65. The van der Waals surface area contributed by atoms with Crippen LogP contribution in [0, 0.1) is 0 Å². The number of carbonyl (C=O) groups is 1. The molecule has 0 radical (unpaired) electrons. The minimum atomic E-state index is 0.0474. The molecule has 0 saturated carbocycles. The van der Waals surface area contributed by atoms with Gasteiger partial charge in [-0.1, -0.05) is 19.1 Å². The molecule has 0 unspecified atom stereocenters. The van der Waals surface area contributed by atoms with Gasteiger partial charge in [0.1, 0.15) is 5.75 Å². The van der Waals surface area contributed by atoms with Gasteiger partial charge in [0.15, 0.2) is 0 Å². The number of hydrogen-bond acceptors (Lipinski definition) is 6. The summed E-state index contributed by atoms with van der Waals surface area (Å²) >= 11 is 1.65. The van der Waals surface area contributed by atoms with E-state index in [1.807, 2.05) is 11.4 Å². The Hall–Kier alpha value is -1.93. The molecule has 0 aliphatic carbocycles. The lowest BCUT2D eigenvalue weighted by Crippen LogP contribution is -2.41. The van der Waals surface area contributed by atoms with Gasteiger partial charge in [-0.25, -0.2) is 5.43 Å². The van der Waals surface area contributed by atoms with Crippen molar-refractivity contribution in [2.24, 2.45) is 0 Å². The lowest BCUT2D eigenvalue weighted by Gasteiger charge is -2.28. The lowest BCUT2D eigenvalue weighted by atomic mass is 10.1. The predicted molar refractivity (Wildman–Crippen MR) is 144 cm³/mol. The molecule has 1 aromatic carbocycles. The summed E-state index contributed by atoms with van der Waals surface area (Å²) in [5, 5.41) is 3.70. The van der Waals surface area contributed by atoms with Crippen LogP contribution in [0.3, 0.4) is 0 Å². The Morgan fingerprint density at radius 1 is 1.14 bits per heavy atom. The molecule has 2 aromatic rings. The maximum Gasteiger partial charge on any atom is 0.269 e. The van der Waals surface area contributed by atoms with Crippen LogP contribution in [0.15, 0.2) is 35.7 Å². The quantitative estimate of drug-likeness (QED) is 0.322. The van der Waals surface area contributed by atoms with Gasteiger partial charge in [0.2, 0.25) is 0 Å². The van der Waals surface area contributed by atoms with E-state index in [-0.39, 0.29) is 5.91 Å². The molecule has 2 aliphatic rings. The molecule has 2 aliphatic heterocycles. The molecule has 192 valence electrons. The number of rotatable bonds is 13. The van der Waals surface area contributed by atoms with Crippen molar-refractivity contribution >= 4 is 17.2 Å². The van der Waals surface area contributed by atoms with Crippen LogP contribution in [-0.2, 0) is 6.42 Å². The third-order valence-corrected chi connectivity index (χ3v) is 8.17. The van der Waals surface area contributed by atoms with Gasteiger partial charge in [-0.2, -0.15) is 0 Å². The van der Waals surface area contributed by atoms with Crippen molar-refractivity contribution in [3.05, 3.63) is 51.7 Å². The van der Waals surface area contributed by atoms with Gasteiger partial charge in [-0.3, -0.25) is 14.7 Å². The second kappa shape index (κ2) is 13.4. The second-order valence-electron chi connectivity index (χ2n) is 9.80. The number of amides is 1. The molecule has 1 aromatic heterocycles. The zero-order valence-electron chi connectivity index (χ0n) is 21.5. The number of nitrogens with zero attached hydrogens (tertiary/aromatic N) is 3. The Morgan fingerprint density at radius 2 is 1.94 bits per heavy atom. The standard InChI is InChI=1S/C28H42N4O2S/c1-3-14-32(29-2)28(33)26-13-20-35-27(26)21-23-9-11-25(12-10-23)34-19-7-18-31-17-6-8-24(31)22-30-15-4-5-16-30/h9-13,20,24,29H,3-8,14-19,21-22H2,1-2H3/t24-/m0/s1. The zero-order chi connectivity index (χ0) is 24.5. The third-order valence-electron chi connectivity index (χ3n) is 7.25. The van der Waals surface area contributed by atoms with Crippen LogP contribution in [0.25, 0.3) is 0 Å². The second-order valence-corrected chi connectivity index (χ2v) is 10.8. The largest absolute Gasteiger partial charge is 0.494 e. The van der Waals surface area contributed by atoms with Crippen LogP contribution in [0.4, 0.5) is 0 Å². The summed E-state index contributed by atoms with van der Waals surface area (Å²) in [4.78, 5) is 19.3. The van der Waals surface area contributed by atoms with Gasteiger partial charge in [0, 0.05) is 44.0 Å². The molecule has 7 heteroatoms. The first-order valence-electron chi connectivity index (χ1n) is 13.4. The fourth-order valence-electron chi connectivity index (χ4n) is 5.36. The van der Waals surface area contributed by atoms with E-state index in [0.717, 1.165) is 54.6 Å². The highest BCUT2D eigenvalue weighted by Crippen LogP contribution is 2.24. The van der Waals surface area contributed by atoms with E-state index in [0.29, 0.717) is 6.54 Å². The van der Waals surface area contributed by atoms with Crippen molar-refractivity contribution in [1.29, 1.82) is 0 Å². The molecule has 4 rings (SSSR count). The first-order valence-corrected chi connectivity index (χ1v) is 14.3. The highest BCUT2D eigenvalue weighted by Gasteiger charge is 2.27. The topological polar surface area (TPSA) is 48.1 Å². The minimum Gasteiger partial charge on any atom is -0.494 e. The van der Waals surface area contributed by atoms with E-state index in [1.54, 1.807) is 23.4 Å². The minimum absolute atomic E-state index is 0.0474. The number of likely N-dealkylation sites (tertiary alicyclic amines) is 2. The van der Waals surface area contributed by atoms with Crippen LogP contribution < -0.4 is 10.2 Å². The maximum absolute atomic E-state index is 12.9. The number of benzene rings is 1. The fourth-order valence-corrected chi connectivity index (χ4v) is 6.26. The maximum atomic E-state index is 12.9. The molecule has 6 nitrogen and oxygen atoms in total. The summed E-state index contributed by atoms with van der Waals surface area (Å²) in [6.07, 6.45) is 8.19. The number of nitrogens with one attached hydrogen (secondary N) is 1. The van der Waals surface area contributed by atoms with Crippen molar-refractivity contribution in [2.75, 3.05) is 52.9 Å². The summed E-state index contributed by atoms with van der Waals surface area (Å²) < 4.78 is 6.06. The molecule has 2 fully saturated rings. The normalized spacial score (nSPS) is 18.9. The van der Waals surface area contributed by atoms with Crippen LogP contribution in [0.1, 0.15) is 66.2 Å². The Morgan fingerprint density at radius 3 is 2.69 bits per heavy atom. The highest BCUT2D eigenvalue weighted by molar-refractivity contribution is 7.10. The molecule has 0 spiro atoms. The van der Waals surface area contributed by atoms with Gasteiger partial charge in [0.05, 0.1) is 12.2 Å². The van der Waals surface area contributed by atoms with E-state index < -0.39 is 0 Å². The SMILES string of the molecule is CCCN(NC)C(=O)c1ccsc1Cc1ccc(OCCCN2CCC[C@H]2CN2CCCC2)cc1. The lowest BCUT2D eigenvalue weighted by molar-refractivity contribution is 0.0681. The van der Waals surface area contributed by atoms with E-state index in [9.17, 15) is 4.79 Å². The number of ether oxygens (including phenoxy) is 1. The Kier molecular flexibility index (Phi) is 10.0. The van der Waals surface area contributed by atoms with Gasteiger partial charge in [0.25, 0.3) is 5.91 Å². The third kappa shape index (κ3) is 7.29. The monoisotopic (exact) mass is 498 g/mol. The van der Waals surface area contributed by atoms with E-state index in [2.05, 4.69) is 46.4 Å². The molecule has 35 heavy (non-hydrogen) atoms. The van der Waals surface area contributed by atoms with Crippen LogP contribution in [0.5, 0.6) is 5.75 Å². The molecule has 3 heterocycles. The Balaban J connectivity index is 1.21. The molecule has 1 atom stereocenters. The summed E-state index contributed by atoms with van der Waals surface area (Å²) in [6.45, 7) is 9.75. The molecule has 0 bridgehead atoms. The van der Waals surface area contributed by atoms with Gasteiger partial charge < -0.3 is 9.64 Å². The smallest absolute Gasteiger partial charge is 0.269 e. The average Bonchev–Trinajstić information content (AvgIpc) is 3.64. The Bertz CT molecular complexity index is 910. The molecule has 1 amide bonds. The van der Waals surface area contributed by atoms with Gasteiger partial charge in [-0.05, 0) is 87.3 Å². The van der Waals surface area contributed by atoms with E-state index in [1.165, 1.54) is 57.4 Å². The van der Waals surface area contributed by atoms with Crippen LogP contribution >= 0.6 is 11.3 Å². The van der Waals surface area contributed by atoms with Crippen molar-refractivity contribution < 1.29 is 9.53 Å². The fraction of sp³-hybridized carbons (Fsp3) is 0.607. The number of hydrogen-bond donors (Lipinski definition) is 1. The van der Waals surface area contributed by atoms with Crippen molar-refractivity contribution in [1.82, 2.24) is 20.2 Å². The van der Waals surface area contributed by atoms with Gasteiger partial charge in [-0.15, -0.1) is 11.3 Å². The molecular formula is C28H42N4O2S. The zero-order valence-corrected chi connectivity index (χ0v) is 22.3. The summed E-state index contributed by atoms with van der Waals surface area (Å²) in [5.74, 6) is 0.974. The first kappa shape index (κ1) is 26.1. The van der Waals surface area contributed by atoms with Crippen LogP contribution in [0.2, 0.25) is 0 Å². The Labute approximate surface area is 215 Å². The van der Waals surface area contributed by atoms with Crippen LogP contribution in [-0.4, -0.2) is 79.7 Å². The summed E-state index contributed by atoms with van der Waals surface area (Å²) in [7, 11) is 1.80.